The summed E-state index contributed by atoms with van der Waals surface area (Å²) in [6.45, 7) is 11.0. The molecule has 0 amide bonds. The Kier molecular flexibility index (Phi) is 4.60. The van der Waals surface area contributed by atoms with Crippen LogP contribution in [0, 0.1) is 0 Å². The van der Waals surface area contributed by atoms with Gasteiger partial charge in [-0.2, -0.15) is 0 Å². The van der Waals surface area contributed by atoms with Crippen LogP contribution in [0.3, 0.4) is 0 Å². The quantitative estimate of drug-likeness (QED) is 0.899. The van der Waals surface area contributed by atoms with Gasteiger partial charge < -0.3 is 15.0 Å². The number of aromatic nitrogens is 2. The summed E-state index contributed by atoms with van der Waals surface area (Å²) in [6.07, 6.45) is 4.36. The van der Waals surface area contributed by atoms with E-state index < -0.39 is 0 Å². The number of hydrogen-bond donors (Lipinski definition) is 1. The first-order valence-electron chi connectivity index (χ1n) is 7.14. The molecule has 0 radical (unpaired) electrons. The van der Waals surface area contributed by atoms with E-state index in [1.54, 1.807) is 0 Å². The van der Waals surface area contributed by atoms with Crippen LogP contribution in [0.15, 0.2) is 12.5 Å². The summed E-state index contributed by atoms with van der Waals surface area (Å²) >= 11 is 0. The van der Waals surface area contributed by atoms with Gasteiger partial charge in [0.25, 0.3) is 0 Å². The molecule has 19 heavy (non-hydrogen) atoms. The van der Waals surface area contributed by atoms with Crippen molar-refractivity contribution >= 4 is 0 Å². The summed E-state index contributed by atoms with van der Waals surface area (Å²) < 4.78 is 8.01. The van der Waals surface area contributed by atoms with Crippen LogP contribution in [-0.2, 0) is 4.74 Å². The molecule has 3 unspecified atom stereocenters. The molecule has 1 aliphatic rings. The van der Waals surface area contributed by atoms with Gasteiger partial charge in [0.1, 0.15) is 0 Å². The Morgan fingerprint density at radius 2 is 2.00 bits per heavy atom. The van der Waals surface area contributed by atoms with Gasteiger partial charge in [-0.25, -0.2) is 4.98 Å². The van der Waals surface area contributed by atoms with Crippen LogP contribution in [0.25, 0.3) is 0 Å². The molecule has 3 atom stereocenters. The summed E-state index contributed by atoms with van der Waals surface area (Å²) in [5.74, 6) is 0. The molecule has 5 heteroatoms. The molecule has 1 aromatic heterocycles. The fourth-order valence-corrected chi connectivity index (χ4v) is 2.93. The molecule has 0 aliphatic carbocycles. The zero-order valence-electron chi connectivity index (χ0n) is 12.4. The van der Waals surface area contributed by atoms with E-state index in [0.29, 0.717) is 12.6 Å². The highest BCUT2D eigenvalue weighted by Gasteiger charge is 2.30. The highest BCUT2D eigenvalue weighted by Crippen LogP contribution is 2.25. The Morgan fingerprint density at radius 3 is 2.53 bits per heavy atom. The first kappa shape index (κ1) is 14.5. The minimum atomic E-state index is 0.221. The predicted molar refractivity (Wildman–Crippen MR) is 76.0 cm³/mol. The van der Waals surface area contributed by atoms with Gasteiger partial charge in [0.05, 0.1) is 30.3 Å². The number of hydrogen-bond acceptors (Lipinski definition) is 4. The Hall–Kier alpha value is -0.910. The molecule has 0 aromatic carbocycles. The molecular weight excluding hydrogens is 240 g/mol. The normalized spacial score (nSPS) is 26.8. The molecule has 1 fully saturated rings. The molecule has 2 N–H and O–H groups in total. The molecule has 1 aliphatic heterocycles. The van der Waals surface area contributed by atoms with Crippen LogP contribution >= 0.6 is 0 Å². The minimum Gasteiger partial charge on any atom is -0.373 e. The van der Waals surface area contributed by atoms with E-state index >= 15 is 0 Å². The third-order valence-corrected chi connectivity index (χ3v) is 3.71. The van der Waals surface area contributed by atoms with E-state index in [0.717, 1.165) is 13.1 Å². The van der Waals surface area contributed by atoms with Crippen molar-refractivity contribution in [3.05, 3.63) is 18.2 Å². The monoisotopic (exact) mass is 266 g/mol. The third-order valence-electron chi connectivity index (χ3n) is 3.71. The smallest absolute Gasteiger partial charge is 0.0951 e. The maximum Gasteiger partial charge on any atom is 0.0951 e. The van der Waals surface area contributed by atoms with Crippen molar-refractivity contribution in [2.45, 2.75) is 52.0 Å². The van der Waals surface area contributed by atoms with Gasteiger partial charge in [0.2, 0.25) is 0 Å². The standard InChI is InChI=1S/C14H26N4O/c1-10(2)18-9-16-6-14(18)13(5-15)17-7-11(3)19-12(4)8-17/h6,9-13H,5,7-8,15H2,1-4H3. The van der Waals surface area contributed by atoms with E-state index in [4.69, 9.17) is 10.5 Å². The maximum absolute atomic E-state index is 6.03. The summed E-state index contributed by atoms with van der Waals surface area (Å²) in [7, 11) is 0. The number of morpholine rings is 1. The summed E-state index contributed by atoms with van der Waals surface area (Å²) in [5, 5.41) is 0. The Morgan fingerprint density at radius 1 is 1.37 bits per heavy atom. The van der Waals surface area contributed by atoms with Crippen molar-refractivity contribution < 1.29 is 4.74 Å². The van der Waals surface area contributed by atoms with Gasteiger partial charge in [-0.3, -0.25) is 4.90 Å². The lowest BCUT2D eigenvalue weighted by Gasteiger charge is -2.40. The number of rotatable bonds is 4. The third kappa shape index (κ3) is 3.16. The van der Waals surface area contributed by atoms with Crippen molar-refractivity contribution in [3.8, 4) is 0 Å². The molecule has 0 spiro atoms. The molecular formula is C14H26N4O. The molecule has 5 nitrogen and oxygen atoms in total. The molecule has 2 heterocycles. The van der Waals surface area contributed by atoms with Crippen molar-refractivity contribution in [1.82, 2.24) is 14.5 Å². The van der Waals surface area contributed by atoms with Crippen LogP contribution in [-0.4, -0.2) is 46.3 Å². The summed E-state index contributed by atoms with van der Waals surface area (Å²) in [6, 6.07) is 0.626. The second-order valence-electron chi connectivity index (χ2n) is 5.78. The van der Waals surface area contributed by atoms with E-state index in [9.17, 15) is 0 Å². The van der Waals surface area contributed by atoms with E-state index in [1.807, 2.05) is 12.5 Å². The van der Waals surface area contributed by atoms with E-state index in [2.05, 4.69) is 42.1 Å². The van der Waals surface area contributed by atoms with Crippen molar-refractivity contribution in [2.24, 2.45) is 5.73 Å². The fraction of sp³-hybridized carbons (Fsp3) is 0.786. The first-order chi connectivity index (χ1) is 9.02. The van der Waals surface area contributed by atoms with Crippen molar-refractivity contribution in [1.29, 1.82) is 0 Å². The fourth-order valence-electron chi connectivity index (χ4n) is 2.93. The van der Waals surface area contributed by atoms with Crippen LogP contribution in [0.1, 0.15) is 45.5 Å². The largest absolute Gasteiger partial charge is 0.373 e. The van der Waals surface area contributed by atoms with E-state index in [-0.39, 0.29) is 18.2 Å². The second kappa shape index (κ2) is 6.03. The first-order valence-corrected chi connectivity index (χ1v) is 7.14. The zero-order valence-corrected chi connectivity index (χ0v) is 12.4. The van der Waals surface area contributed by atoms with Gasteiger partial charge in [-0.1, -0.05) is 0 Å². The summed E-state index contributed by atoms with van der Waals surface area (Å²) in [5.41, 5.74) is 7.24. The highest BCUT2D eigenvalue weighted by molar-refractivity contribution is 5.08. The SMILES string of the molecule is CC1CN(C(CN)c2cncn2C(C)C)CC(C)O1. The van der Waals surface area contributed by atoms with Crippen LogP contribution in [0.5, 0.6) is 0 Å². The molecule has 0 bridgehead atoms. The van der Waals surface area contributed by atoms with Crippen molar-refractivity contribution in [3.63, 3.8) is 0 Å². The Labute approximate surface area is 115 Å². The van der Waals surface area contributed by atoms with E-state index in [1.165, 1.54) is 5.69 Å². The molecule has 108 valence electrons. The zero-order chi connectivity index (χ0) is 14.0. The van der Waals surface area contributed by atoms with Gasteiger partial charge in [-0.05, 0) is 27.7 Å². The number of imidazole rings is 1. The number of nitrogens with zero attached hydrogens (tertiary/aromatic N) is 3. The average Bonchev–Trinajstić information content (AvgIpc) is 2.78. The Balaban J connectivity index is 2.21. The lowest BCUT2D eigenvalue weighted by atomic mass is 10.1. The summed E-state index contributed by atoms with van der Waals surface area (Å²) in [4.78, 5) is 6.72. The molecule has 1 aromatic rings. The molecule has 0 saturated carbocycles. The van der Waals surface area contributed by atoms with Crippen LogP contribution < -0.4 is 5.73 Å². The predicted octanol–water partition coefficient (Wildman–Crippen LogP) is 1.57. The number of ether oxygens (including phenoxy) is 1. The maximum atomic E-state index is 6.03. The van der Waals surface area contributed by atoms with Crippen LogP contribution in [0.2, 0.25) is 0 Å². The van der Waals surface area contributed by atoms with Crippen molar-refractivity contribution in [2.75, 3.05) is 19.6 Å². The molecule has 2 rings (SSSR count). The molecule has 1 saturated heterocycles. The Bertz CT molecular complexity index is 394. The average molecular weight is 266 g/mol. The van der Waals surface area contributed by atoms with Gasteiger partial charge in [0, 0.05) is 31.9 Å². The number of nitrogens with two attached hydrogens (primary N) is 1. The lowest BCUT2D eigenvalue weighted by molar-refractivity contribution is -0.0807. The van der Waals surface area contributed by atoms with Gasteiger partial charge in [-0.15, -0.1) is 0 Å². The lowest BCUT2D eigenvalue weighted by Crippen LogP contribution is -2.49. The topological polar surface area (TPSA) is 56.3 Å². The highest BCUT2D eigenvalue weighted by atomic mass is 16.5. The van der Waals surface area contributed by atoms with Gasteiger partial charge in [0.15, 0.2) is 0 Å². The second-order valence-corrected chi connectivity index (χ2v) is 5.78. The van der Waals surface area contributed by atoms with Crippen LogP contribution in [0.4, 0.5) is 0 Å². The minimum absolute atomic E-state index is 0.221. The van der Waals surface area contributed by atoms with Gasteiger partial charge >= 0.3 is 0 Å².